The Balaban J connectivity index is 2.28. The first kappa shape index (κ1) is 14.2. The molecule has 3 N–H and O–H groups in total. The van der Waals surface area contributed by atoms with Crippen molar-refractivity contribution in [1.29, 1.82) is 5.41 Å². The third kappa shape index (κ3) is 3.03. The van der Waals surface area contributed by atoms with Crippen molar-refractivity contribution in [1.82, 2.24) is 0 Å². The molecule has 3 nitrogen and oxygen atoms in total. The van der Waals surface area contributed by atoms with Gasteiger partial charge in [0.25, 0.3) is 0 Å². The van der Waals surface area contributed by atoms with Gasteiger partial charge in [0.15, 0.2) is 0 Å². The van der Waals surface area contributed by atoms with E-state index in [0.717, 1.165) is 24.3 Å². The molecule has 1 fully saturated rings. The van der Waals surface area contributed by atoms with Gasteiger partial charge in [0.2, 0.25) is 0 Å². The first-order valence-corrected chi connectivity index (χ1v) is 7.05. The van der Waals surface area contributed by atoms with E-state index < -0.39 is 0 Å². The molecule has 104 valence electrons. The number of rotatable bonds is 2. The van der Waals surface area contributed by atoms with Gasteiger partial charge in [0.05, 0.1) is 0 Å². The van der Waals surface area contributed by atoms with Crippen LogP contribution in [0.2, 0.25) is 5.02 Å². The molecule has 1 saturated heterocycles. The molecular formula is C15H22ClN3. The van der Waals surface area contributed by atoms with Crippen LogP contribution in [0.15, 0.2) is 18.2 Å². The molecule has 1 heterocycles. The lowest BCUT2D eigenvalue weighted by Crippen LogP contribution is -2.27. The van der Waals surface area contributed by atoms with E-state index in [-0.39, 0.29) is 5.84 Å². The first-order chi connectivity index (χ1) is 8.79. The Hall–Kier alpha value is -1.22. The molecule has 1 aromatic rings. The summed E-state index contributed by atoms with van der Waals surface area (Å²) in [6.07, 6.45) is 1.17. The molecule has 0 amide bonds. The average Bonchev–Trinajstić information content (AvgIpc) is 2.77. The van der Waals surface area contributed by atoms with Crippen LogP contribution in [-0.2, 0) is 0 Å². The van der Waals surface area contributed by atoms with Crippen LogP contribution in [0.3, 0.4) is 0 Å². The fraction of sp³-hybridized carbons (Fsp3) is 0.533. The number of hydrogen-bond donors (Lipinski definition) is 2. The van der Waals surface area contributed by atoms with Gasteiger partial charge in [0, 0.05) is 29.4 Å². The minimum absolute atomic E-state index is 0.103. The smallest absolute Gasteiger partial charge is 0.124 e. The molecule has 0 saturated carbocycles. The number of benzene rings is 1. The Labute approximate surface area is 120 Å². The summed E-state index contributed by atoms with van der Waals surface area (Å²) in [5.74, 6) is 0.761. The lowest BCUT2D eigenvalue weighted by Gasteiger charge is -2.28. The molecule has 19 heavy (non-hydrogen) atoms. The fourth-order valence-electron chi connectivity index (χ4n) is 2.68. The van der Waals surface area contributed by atoms with Gasteiger partial charge in [-0.1, -0.05) is 32.4 Å². The van der Waals surface area contributed by atoms with E-state index in [1.807, 2.05) is 12.1 Å². The van der Waals surface area contributed by atoms with Crippen LogP contribution in [0.25, 0.3) is 0 Å². The average molecular weight is 280 g/mol. The van der Waals surface area contributed by atoms with E-state index >= 15 is 0 Å². The number of nitrogen functional groups attached to an aromatic ring is 1. The predicted octanol–water partition coefficient (Wildman–Crippen LogP) is 3.50. The van der Waals surface area contributed by atoms with Crippen molar-refractivity contribution < 1.29 is 0 Å². The van der Waals surface area contributed by atoms with Crippen molar-refractivity contribution in [3.05, 3.63) is 28.8 Å². The Bertz CT molecular complexity index is 491. The van der Waals surface area contributed by atoms with Gasteiger partial charge in [-0.2, -0.15) is 0 Å². The van der Waals surface area contributed by atoms with Gasteiger partial charge < -0.3 is 10.6 Å². The Morgan fingerprint density at radius 2 is 2.11 bits per heavy atom. The molecule has 1 unspecified atom stereocenters. The summed E-state index contributed by atoms with van der Waals surface area (Å²) in [5, 5.41) is 8.39. The summed E-state index contributed by atoms with van der Waals surface area (Å²) in [6, 6.07) is 5.55. The summed E-state index contributed by atoms with van der Waals surface area (Å²) in [4.78, 5) is 2.30. The van der Waals surface area contributed by atoms with Crippen LogP contribution in [0.1, 0.15) is 32.8 Å². The monoisotopic (exact) mass is 279 g/mol. The minimum atomic E-state index is 0.103. The first-order valence-electron chi connectivity index (χ1n) is 6.68. The predicted molar refractivity (Wildman–Crippen MR) is 82.2 cm³/mol. The highest BCUT2D eigenvalue weighted by molar-refractivity contribution is 6.31. The second-order valence-corrected chi connectivity index (χ2v) is 6.81. The zero-order chi connectivity index (χ0) is 14.2. The lowest BCUT2D eigenvalue weighted by atomic mass is 9.80. The van der Waals surface area contributed by atoms with Crippen LogP contribution < -0.4 is 10.6 Å². The van der Waals surface area contributed by atoms with Gasteiger partial charge in [0.1, 0.15) is 5.84 Å². The van der Waals surface area contributed by atoms with Crippen molar-refractivity contribution in [3.8, 4) is 0 Å². The van der Waals surface area contributed by atoms with Gasteiger partial charge in [-0.3, -0.25) is 5.41 Å². The molecule has 0 spiro atoms. The van der Waals surface area contributed by atoms with Gasteiger partial charge >= 0.3 is 0 Å². The maximum Gasteiger partial charge on any atom is 0.124 e. The number of nitrogens with one attached hydrogen (secondary N) is 1. The zero-order valence-corrected chi connectivity index (χ0v) is 12.6. The van der Waals surface area contributed by atoms with Crippen molar-refractivity contribution >= 4 is 23.1 Å². The second-order valence-electron chi connectivity index (χ2n) is 6.37. The van der Waals surface area contributed by atoms with Gasteiger partial charge in [-0.15, -0.1) is 0 Å². The molecule has 1 aliphatic heterocycles. The molecule has 4 heteroatoms. The minimum Gasteiger partial charge on any atom is -0.384 e. The molecule has 2 rings (SSSR count). The van der Waals surface area contributed by atoms with Crippen LogP contribution in [0.4, 0.5) is 5.69 Å². The SMILES string of the molecule is CC(C)(C)C1CCN(c2cc(Cl)ccc2C(=N)N)C1. The Morgan fingerprint density at radius 3 is 2.63 bits per heavy atom. The highest BCUT2D eigenvalue weighted by Gasteiger charge is 2.32. The number of nitrogens with zero attached hydrogens (tertiary/aromatic N) is 1. The van der Waals surface area contributed by atoms with Crippen LogP contribution >= 0.6 is 11.6 Å². The maximum atomic E-state index is 7.69. The number of amidine groups is 1. The van der Waals surface area contributed by atoms with E-state index in [1.165, 1.54) is 6.42 Å². The van der Waals surface area contributed by atoms with E-state index in [0.29, 0.717) is 16.4 Å². The number of nitrogens with two attached hydrogens (primary N) is 1. The zero-order valence-electron chi connectivity index (χ0n) is 11.8. The summed E-state index contributed by atoms with van der Waals surface area (Å²) in [5.41, 5.74) is 7.74. The summed E-state index contributed by atoms with van der Waals surface area (Å²) < 4.78 is 0. The van der Waals surface area contributed by atoms with Crippen molar-refractivity contribution in [3.63, 3.8) is 0 Å². The standard InChI is InChI=1S/C15H22ClN3/c1-15(2,3)10-6-7-19(9-10)13-8-11(16)4-5-12(13)14(17)18/h4-5,8,10H,6-7,9H2,1-3H3,(H3,17,18). The third-order valence-corrected chi connectivity index (χ3v) is 4.24. The van der Waals surface area contributed by atoms with E-state index in [9.17, 15) is 0 Å². The van der Waals surface area contributed by atoms with E-state index in [1.54, 1.807) is 6.07 Å². The normalized spacial score (nSPS) is 19.8. The number of hydrogen-bond acceptors (Lipinski definition) is 2. The molecule has 1 aromatic carbocycles. The highest BCUT2D eigenvalue weighted by Crippen LogP contribution is 2.37. The molecule has 0 bridgehead atoms. The van der Waals surface area contributed by atoms with Crippen molar-refractivity contribution in [2.45, 2.75) is 27.2 Å². The maximum absolute atomic E-state index is 7.69. The lowest BCUT2D eigenvalue weighted by molar-refractivity contribution is 0.263. The van der Waals surface area contributed by atoms with Gasteiger partial charge in [-0.05, 0) is 36.0 Å². The van der Waals surface area contributed by atoms with Gasteiger partial charge in [-0.25, -0.2) is 0 Å². The molecule has 1 aliphatic rings. The Kier molecular flexibility index (Phi) is 3.77. The number of anilines is 1. The largest absolute Gasteiger partial charge is 0.384 e. The number of halogens is 1. The summed E-state index contributed by atoms with van der Waals surface area (Å²) >= 11 is 6.09. The molecule has 0 aromatic heterocycles. The highest BCUT2D eigenvalue weighted by atomic mass is 35.5. The van der Waals surface area contributed by atoms with E-state index in [2.05, 4.69) is 25.7 Å². The molecule has 0 aliphatic carbocycles. The summed E-state index contributed by atoms with van der Waals surface area (Å²) in [7, 11) is 0. The molecule has 1 atom stereocenters. The molecule has 0 radical (unpaired) electrons. The summed E-state index contributed by atoms with van der Waals surface area (Å²) in [6.45, 7) is 8.85. The quantitative estimate of drug-likeness (QED) is 0.643. The second kappa shape index (κ2) is 5.04. The van der Waals surface area contributed by atoms with Crippen molar-refractivity contribution in [2.24, 2.45) is 17.1 Å². The van der Waals surface area contributed by atoms with Crippen LogP contribution in [0, 0.1) is 16.7 Å². The van der Waals surface area contributed by atoms with Crippen LogP contribution in [-0.4, -0.2) is 18.9 Å². The fourth-order valence-corrected chi connectivity index (χ4v) is 2.85. The van der Waals surface area contributed by atoms with Crippen LogP contribution in [0.5, 0.6) is 0 Å². The molecular weight excluding hydrogens is 258 g/mol. The third-order valence-electron chi connectivity index (χ3n) is 4.00. The van der Waals surface area contributed by atoms with Crippen molar-refractivity contribution in [2.75, 3.05) is 18.0 Å². The Morgan fingerprint density at radius 1 is 1.42 bits per heavy atom. The topological polar surface area (TPSA) is 53.1 Å². The van der Waals surface area contributed by atoms with E-state index in [4.69, 9.17) is 22.7 Å².